The number of fused-ring (bicyclic) bond motifs is 2. The van der Waals surface area contributed by atoms with Crippen molar-refractivity contribution in [2.45, 2.75) is 13.3 Å². The monoisotopic (exact) mass is 476 g/mol. The number of rotatable bonds is 7. The number of carbonyl (C=O) groups excluding carboxylic acids is 1. The van der Waals surface area contributed by atoms with E-state index in [-0.39, 0.29) is 23.2 Å². The fourth-order valence-corrected chi connectivity index (χ4v) is 4.55. The summed E-state index contributed by atoms with van der Waals surface area (Å²) in [6.45, 7) is 6.31. The zero-order chi connectivity index (χ0) is 24.7. The zero-order valence-corrected chi connectivity index (χ0v) is 19.7. The zero-order valence-electron chi connectivity index (χ0n) is 19.7. The SMILES string of the molecule is C=C/C=C(\C(F)=C/C)c1nn(C)cc1-c1ncnc2cc(OC)c(NC(=O)C34COCC3C4)nc12. The molecule has 3 aromatic heterocycles. The van der Waals surface area contributed by atoms with E-state index >= 15 is 0 Å². The molecule has 35 heavy (non-hydrogen) atoms. The number of amides is 1. The van der Waals surface area contributed by atoms with Crippen LogP contribution in [0.4, 0.5) is 10.2 Å². The molecule has 180 valence electrons. The van der Waals surface area contributed by atoms with E-state index in [9.17, 15) is 9.18 Å². The number of anilines is 1. The second-order valence-electron chi connectivity index (χ2n) is 8.67. The molecule has 9 nitrogen and oxygen atoms in total. The van der Waals surface area contributed by atoms with Gasteiger partial charge in [0.1, 0.15) is 29.1 Å². The molecular formula is C25H25FN6O3. The van der Waals surface area contributed by atoms with E-state index in [1.807, 2.05) is 0 Å². The second kappa shape index (κ2) is 8.70. The first-order chi connectivity index (χ1) is 16.9. The molecule has 2 atom stereocenters. The van der Waals surface area contributed by atoms with E-state index in [1.165, 1.54) is 25.6 Å². The number of hydrogen-bond acceptors (Lipinski definition) is 7. The summed E-state index contributed by atoms with van der Waals surface area (Å²) in [5.74, 6) is 0.295. The average Bonchev–Trinajstić information content (AvgIpc) is 3.21. The van der Waals surface area contributed by atoms with Crippen LogP contribution in [0.2, 0.25) is 0 Å². The van der Waals surface area contributed by atoms with E-state index in [0.717, 1.165) is 6.42 Å². The molecule has 1 saturated heterocycles. The quantitative estimate of drug-likeness (QED) is 0.517. The minimum atomic E-state index is -0.497. The van der Waals surface area contributed by atoms with Crippen LogP contribution >= 0.6 is 0 Å². The lowest BCUT2D eigenvalue weighted by molar-refractivity contribution is -0.121. The minimum absolute atomic E-state index is 0.142. The van der Waals surface area contributed by atoms with Gasteiger partial charge in [-0.15, -0.1) is 0 Å². The van der Waals surface area contributed by atoms with Crippen molar-refractivity contribution in [3.63, 3.8) is 0 Å². The van der Waals surface area contributed by atoms with Crippen molar-refractivity contribution in [1.29, 1.82) is 0 Å². The maximum absolute atomic E-state index is 14.8. The Morgan fingerprint density at radius 1 is 1.43 bits per heavy atom. The molecule has 1 saturated carbocycles. The molecule has 4 heterocycles. The van der Waals surface area contributed by atoms with Gasteiger partial charge in [-0.1, -0.05) is 24.8 Å². The van der Waals surface area contributed by atoms with Crippen molar-refractivity contribution in [3.05, 3.63) is 54.9 Å². The third kappa shape index (κ3) is 3.79. The van der Waals surface area contributed by atoms with E-state index in [0.29, 0.717) is 46.9 Å². The molecule has 2 fully saturated rings. The molecule has 3 aromatic rings. The number of hydrogen-bond donors (Lipinski definition) is 1. The topological polar surface area (TPSA) is 104 Å². The Morgan fingerprint density at radius 2 is 2.26 bits per heavy atom. The molecule has 5 rings (SSSR count). The molecule has 1 amide bonds. The van der Waals surface area contributed by atoms with Crippen LogP contribution in [0.25, 0.3) is 27.9 Å². The molecule has 0 radical (unpaired) electrons. The van der Waals surface area contributed by atoms with Gasteiger partial charge in [-0.3, -0.25) is 9.48 Å². The highest BCUT2D eigenvalue weighted by atomic mass is 19.1. The first-order valence-electron chi connectivity index (χ1n) is 11.2. The number of ether oxygens (including phenoxy) is 2. The van der Waals surface area contributed by atoms with Gasteiger partial charge in [0.25, 0.3) is 0 Å². The van der Waals surface area contributed by atoms with Gasteiger partial charge in [-0.25, -0.2) is 19.3 Å². The summed E-state index contributed by atoms with van der Waals surface area (Å²) < 4.78 is 27.3. The summed E-state index contributed by atoms with van der Waals surface area (Å²) in [5, 5.41) is 7.40. The van der Waals surface area contributed by atoms with E-state index in [1.54, 1.807) is 37.0 Å². The fourth-order valence-electron chi connectivity index (χ4n) is 4.55. The summed E-state index contributed by atoms with van der Waals surface area (Å²) in [5.41, 5.74) is 2.09. The van der Waals surface area contributed by atoms with Crippen molar-refractivity contribution in [2.75, 3.05) is 25.6 Å². The van der Waals surface area contributed by atoms with Crippen LogP contribution in [0, 0.1) is 11.3 Å². The van der Waals surface area contributed by atoms with Crippen LogP contribution in [-0.2, 0) is 16.6 Å². The van der Waals surface area contributed by atoms with E-state index in [4.69, 9.17) is 14.5 Å². The van der Waals surface area contributed by atoms with Gasteiger partial charge in [0.2, 0.25) is 5.91 Å². The summed E-state index contributed by atoms with van der Waals surface area (Å²) in [6, 6.07) is 1.69. The number of aryl methyl sites for hydroxylation is 1. The summed E-state index contributed by atoms with van der Waals surface area (Å²) in [7, 11) is 3.25. The number of aromatic nitrogens is 5. The van der Waals surface area contributed by atoms with Gasteiger partial charge in [0.05, 0.1) is 31.3 Å². The summed E-state index contributed by atoms with van der Waals surface area (Å²) in [4.78, 5) is 26.6. The molecular weight excluding hydrogens is 451 g/mol. The first kappa shape index (κ1) is 22.9. The summed E-state index contributed by atoms with van der Waals surface area (Å²) >= 11 is 0. The first-order valence-corrected chi connectivity index (χ1v) is 11.2. The summed E-state index contributed by atoms with van der Waals surface area (Å²) in [6.07, 6.45) is 8.37. The number of carbonyl (C=O) groups is 1. The Kier molecular flexibility index (Phi) is 5.68. The Morgan fingerprint density at radius 3 is 2.91 bits per heavy atom. The Balaban J connectivity index is 1.64. The number of pyridine rings is 1. The van der Waals surface area contributed by atoms with Gasteiger partial charge in [-0.05, 0) is 13.3 Å². The molecule has 0 bridgehead atoms. The number of nitrogens with one attached hydrogen (secondary N) is 1. The highest BCUT2D eigenvalue weighted by Gasteiger charge is 2.63. The van der Waals surface area contributed by atoms with Crippen molar-refractivity contribution in [3.8, 4) is 17.0 Å². The molecule has 0 aromatic carbocycles. The van der Waals surface area contributed by atoms with E-state index < -0.39 is 11.2 Å². The van der Waals surface area contributed by atoms with Crippen molar-refractivity contribution in [1.82, 2.24) is 24.7 Å². The third-order valence-corrected chi connectivity index (χ3v) is 6.52. The number of allylic oxidation sites excluding steroid dienone is 5. The highest BCUT2D eigenvalue weighted by molar-refractivity contribution is 6.01. The van der Waals surface area contributed by atoms with Crippen molar-refractivity contribution in [2.24, 2.45) is 18.4 Å². The van der Waals surface area contributed by atoms with Crippen LogP contribution in [0.15, 0.2) is 49.2 Å². The third-order valence-electron chi connectivity index (χ3n) is 6.52. The largest absolute Gasteiger partial charge is 0.493 e. The van der Waals surface area contributed by atoms with Gasteiger partial charge in [0, 0.05) is 36.4 Å². The smallest absolute Gasteiger partial charge is 0.234 e. The molecule has 0 spiro atoms. The predicted molar refractivity (Wildman–Crippen MR) is 129 cm³/mol. The van der Waals surface area contributed by atoms with Gasteiger partial charge < -0.3 is 14.8 Å². The fraction of sp³-hybridized carbons (Fsp3) is 0.320. The van der Waals surface area contributed by atoms with Gasteiger partial charge in [0.15, 0.2) is 11.6 Å². The van der Waals surface area contributed by atoms with Gasteiger partial charge >= 0.3 is 0 Å². The number of halogens is 1. The lowest BCUT2D eigenvalue weighted by Gasteiger charge is -2.15. The highest BCUT2D eigenvalue weighted by Crippen LogP contribution is 2.57. The Hall–Kier alpha value is -3.92. The Labute approximate surface area is 201 Å². The number of nitrogens with zero attached hydrogens (tertiary/aromatic N) is 5. The second-order valence-corrected chi connectivity index (χ2v) is 8.67. The molecule has 10 heteroatoms. The van der Waals surface area contributed by atoms with Crippen LogP contribution < -0.4 is 10.1 Å². The lowest BCUT2D eigenvalue weighted by atomic mass is 10.0. The van der Waals surface area contributed by atoms with Crippen molar-refractivity contribution < 1.29 is 18.7 Å². The van der Waals surface area contributed by atoms with Crippen molar-refractivity contribution >= 4 is 28.3 Å². The predicted octanol–water partition coefficient (Wildman–Crippen LogP) is 3.85. The maximum atomic E-state index is 14.8. The van der Waals surface area contributed by atoms with Gasteiger partial charge in [-0.2, -0.15) is 5.10 Å². The van der Waals surface area contributed by atoms with Crippen LogP contribution in [0.1, 0.15) is 19.0 Å². The molecule has 1 aliphatic heterocycles. The molecule has 1 N–H and O–H groups in total. The minimum Gasteiger partial charge on any atom is -0.493 e. The standard InChI is InChI=1S/C25H25FN6O3/c1-5-7-15(17(26)6-2)20-16(10-32(3)31-20)21-22-18(27-13-28-21)8-19(34-4)23(29-22)30-24(33)25-9-14(25)11-35-12-25/h5-8,10,13-14H,1,9,11-12H2,2-4H3,(H,29,30,33)/b15-7+,17-6+. The molecule has 1 aliphatic carbocycles. The van der Waals surface area contributed by atoms with Crippen LogP contribution in [0.3, 0.4) is 0 Å². The molecule has 2 aliphatic rings. The lowest BCUT2D eigenvalue weighted by Crippen LogP contribution is -2.27. The molecule has 2 unspecified atom stereocenters. The van der Waals surface area contributed by atoms with E-state index in [2.05, 4.69) is 27.0 Å². The average molecular weight is 477 g/mol. The Bertz CT molecular complexity index is 1410. The number of methoxy groups -OCH3 is 1. The van der Waals surface area contributed by atoms with Crippen LogP contribution in [-0.4, -0.2) is 51.0 Å². The maximum Gasteiger partial charge on any atom is 0.234 e. The normalized spacial score (nSPS) is 21.7. The van der Waals surface area contributed by atoms with Crippen LogP contribution in [0.5, 0.6) is 5.75 Å².